The maximum atomic E-state index is 13.3. The average molecular weight is 548 g/mol. The Hall–Kier alpha value is -4.09. The maximum absolute atomic E-state index is 13.3. The summed E-state index contributed by atoms with van der Waals surface area (Å²) in [7, 11) is 0. The van der Waals surface area contributed by atoms with Crippen molar-refractivity contribution >= 4 is 45.7 Å². The highest BCUT2D eigenvalue weighted by Crippen LogP contribution is 2.45. The number of hydrogen-bond donors (Lipinski definition) is 1. The Bertz CT molecular complexity index is 1560. The number of amides is 1. The van der Waals surface area contributed by atoms with Gasteiger partial charge < -0.3 is 19.0 Å². The SMILES string of the molecule is Cc1ccc(C2C(=C(O)c3ccc4c(c3)OCCO4)C(=O)C(=O)N2c2nnc(SCc3ccccc3)s2)o1. The van der Waals surface area contributed by atoms with Crippen LogP contribution in [-0.2, 0) is 15.3 Å². The third kappa shape index (κ3) is 4.44. The van der Waals surface area contributed by atoms with Crippen LogP contribution in [0.2, 0.25) is 0 Å². The highest BCUT2D eigenvalue weighted by molar-refractivity contribution is 8.00. The van der Waals surface area contributed by atoms with E-state index in [1.165, 1.54) is 28.0 Å². The van der Waals surface area contributed by atoms with Crippen LogP contribution in [0.5, 0.6) is 11.5 Å². The van der Waals surface area contributed by atoms with Gasteiger partial charge >= 0.3 is 5.91 Å². The summed E-state index contributed by atoms with van der Waals surface area (Å²) in [6, 6.07) is 17.2. The molecule has 38 heavy (non-hydrogen) atoms. The van der Waals surface area contributed by atoms with Crippen LogP contribution in [0.4, 0.5) is 5.13 Å². The van der Waals surface area contributed by atoms with Crippen molar-refractivity contribution in [1.29, 1.82) is 0 Å². The molecule has 0 spiro atoms. The molecule has 2 aromatic carbocycles. The molecular formula is C27H21N3O6S2. The summed E-state index contributed by atoms with van der Waals surface area (Å²) in [6.45, 7) is 2.56. The number of carbonyl (C=O) groups excluding carboxylic acids is 2. The summed E-state index contributed by atoms with van der Waals surface area (Å²) in [4.78, 5) is 27.9. The molecule has 2 aliphatic heterocycles. The van der Waals surface area contributed by atoms with E-state index in [0.717, 1.165) is 5.56 Å². The second-order valence-electron chi connectivity index (χ2n) is 8.60. The van der Waals surface area contributed by atoms with Gasteiger partial charge in [0.1, 0.15) is 36.5 Å². The lowest BCUT2D eigenvalue weighted by Crippen LogP contribution is -2.29. The fraction of sp³-hybridized carbons (Fsp3) is 0.185. The first-order chi connectivity index (χ1) is 18.5. The minimum Gasteiger partial charge on any atom is -0.507 e. The summed E-state index contributed by atoms with van der Waals surface area (Å²) in [6.07, 6.45) is 0. The van der Waals surface area contributed by atoms with Crippen molar-refractivity contribution in [3.05, 3.63) is 88.9 Å². The van der Waals surface area contributed by atoms with Crippen molar-refractivity contribution in [1.82, 2.24) is 10.2 Å². The van der Waals surface area contributed by atoms with E-state index in [9.17, 15) is 14.7 Å². The van der Waals surface area contributed by atoms with Crippen LogP contribution in [0.15, 0.2) is 75.0 Å². The Labute approximate surface area is 225 Å². The maximum Gasteiger partial charge on any atom is 0.302 e. The van der Waals surface area contributed by atoms with Crippen molar-refractivity contribution in [3.63, 3.8) is 0 Å². The number of hydrogen-bond acceptors (Lipinski definition) is 10. The number of Topliss-reactive ketones (excluding diaryl/α,β-unsaturated/α-hetero) is 1. The lowest BCUT2D eigenvalue weighted by molar-refractivity contribution is -0.132. The van der Waals surface area contributed by atoms with Gasteiger partial charge in [-0.2, -0.15) is 0 Å². The number of fused-ring (bicyclic) bond motifs is 1. The zero-order chi connectivity index (χ0) is 26.2. The fourth-order valence-corrected chi connectivity index (χ4v) is 6.15. The number of ether oxygens (including phenoxy) is 2. The van der Waals surface area contributed by atoms with E-state index < -0.39 is 17.7 Å². The molecule has 6 rings (SSSR count). The van der Waals surface area contributed by atoms with Crippen LogP contribution < -0.4 is 14.4 Å². The smallest absolute Gasteiger partial charge is 0.302 e. The summed E-state index contributed by atoms with van der Waals surface area (Å²) in [5.41, 5.74) is 1.34. The van der Waals surface area contributed by atoms with Gasteiger partial charge in [0.15, 0.2) is 15.8 Å². The third-order valence-corrected chi connectivity index (χ3v) is 8.22. The highest BCUT2D eigenvalue weighted by Gasteiger charge is 2.50. The average Bonchev–Trinajstić information content (AvgIpc) is 3.65. The number of carbonyl (C=O) groups is 2. The second-order valence-corrected chi connectivity index (χ2v) is 10.8. The molecule has 1 unspecified atom stereocenters. The van der Waals surface area contributed by atoms with Crippen LogP contribution in [0.25, 0.3) is 5.76 Å². The van der Waals surface area contributed by atoms with Gasteiger partial charge in [-0.15, -0.1) is 10.2 Å². The van der Waals surface area contributed by atoms with Gasteiger partial charge in [0.05, 0.1) is 5.57 Å². The van der Waals surface area contributed by atoms with E-state index in [4.69, 9.17) is 13.9 Å². The van der Waals surface area contributed by atoms with Gasteiger partial charge in [-0.05, 0) is 42.8 Å². The molecule has 1 fully saturated rings. The number of aryl methyl sites for hydroxylation is 1. The first-order valence-electron chi connectivity index (χ1n) is 11.8. The Morgan fingerprint density at radius 2 is 1.84 bits per heavy atom. The molecule has 1 atom stereocenters. The Morgan fingerprint density at radius 3 is 2.61 bits per heavy atom. The molecule has 9 nitrogen and oxygen atoms in total. The quantitative estimate of drug-likeness (QED) is 0.115. The summed E-state index contributed by atoms with van der Waals surface area (Å²) < 4.78 is 17.7. The van der Waals surface area contributed by atoms with Gasteiger partial charge in [-0.25, -0.2) is 0 Å². The topological polar surface area (TPSA) is 115 Å². The molecule has 4 heterocycles. The predicted octanol–water partition coefficient (Wildman–Crippen LogP) is 5.13. The first-order valence-corrected chi connectivity index (χ1v) is 13.6. The number of rotatable bonds is 6. The predicted molar refractivity (Wildman–Crippen MR) is 142 cm³/mol. The minimum absolute atomic E-state index is 0.102. The van der Waals surface area contributed by atoms with Crippen molar-refractivity contribution in [2.24, 2.45) is 0 Å². The second kappa shape index (κ2) is 9.99. The van der Waals surface area contributed by atoms with Crippen LogP contribution in [0, 0.1) is 6.92 Å². The normalized spacial score (nSPS) is 18.2. The van der Waals surface area contributed by atoms with Crippen molar-refractivity contribution in [3.8, 4) is 11.5 Å². The highest BCUT2D eigenvalue weighted by atomic mass is 32.2. The third-order valence-electron chi connectivity index (χ3n) is 6.10. The number of aliphatic hydroxyl groups excluding tert-OH is 1. The summed E-state index contributed by atoms with van der Waals surface area (Å²) in [5.74, 6) is 0.592. The van der Waals surface area contributed by atoms with Gasteiger partial charge in [-0.1, -0.05) is 53.4 Å². The van der Waals surface area contributed by atoms with E-state index in [1.807, 2.05) is 30.3 Å². The van der Waals surface area contributed by atoms with Crippen molar-refractivity contribution in [2.45, 2.75) is 23.1 Å². The van der Waals surface area contributed by atoms with Crippen LogP contribution >= 0.6 is 23.1 Å². The number of thioether (sulfide) groups is 1. The Balaban J connectivity index is 1.38. The first kappa shape index (κ1) is 24.3. The number of aromatic nitrogens is 2. The van der Waals surface area contributed by atoms with E-state index in [2.05, 4.69) is 10.2 Å². The lowest BCUT2D eigenvalue weighted by Gasteiger charge is -2.21. The van der Waals surface area contributed by atoms with Gasteiger partial charge in [0.25, 0.3) is 5.78 Å². The number of nitrogens with zero attached hydrogens (tertiary/aromatic N) is 3. The molecule has 192 valence electrons. The van der Waals surface area contributed by atoms with E-state index in [0.29, 0.717) is 51.9 Å². The molecule has 1 N–H and O–H groups in total. The standard InChI is InChI=1S/C27H21N3O6S2/c1-15-7-9-19(36-15)22-21(23(31)17-8-10-18-20(13-17)35-12-11-34-18)24(32)25(33)30(22)26-28-29-27(38-26)37-14-16-5-3-2-4-6-16/h2-10,13,22,31H,11-12,14H2,1H3. The Kier molecular flexibility index (Phi) is 6.38. The van der Waals surface area contributed by atoms with Crippen molar-refractivity contribution in [2.75, 3.05) is 18.1 Å². The molecule has 11 heteroatoms. The molecule has 4 aromatic rings. The van der Waals surface area contributed by atoms with Crippen LogP contribution in [-0.4, -0.2) is 40.2 Å². The van der Waals surface area contributed by atoms with Gasteiger partial charge in [-0.3, -0.25) is 14.5 Å². The number of ketones is 1. The number of anilines is 1. The van der Waals surface area contributed by atoms with Crippen LogP contribution in [0.1, 0.15) is 28.7 Å². The largest absolute Gasteiger partial charge is 0.507 e. The molecule has 0 radical (unpaired) electrons. The number of furan rings is 1. The van der Waals surface area contributed by atoms with E-state index >= 15 is 0 Å². The molecule has 1 amide bonds. The fourth-order valence-electron chi connectivity index (χ4n) is 4.32. The Morgan fingerprint density at radius 1 is 1.05 bits per heavy atom. The molecule has 2 aliphatic rings. The number of benzene rings is 2. The van der Waals surface area contributed by atoms with Crippen LogP contribution in [0.3, 0.4) is 0 Å². The monoisotopic (exact) mass is 547 g/mol. The van der Waals surface area contributed by atoms with Crippen molar-refractivity contribution < 1.29 is 28.6 Å². The molecule has 0 bridgehead atoms. The molecule has 0 aliphatic carbocycles. The van der Waals surface area contributed by atoms with E-state index in [-0.39, 0.29) is 16.5 Å². The zero-order valence-electron chi connectivity index (χ0n) is 20.1. The minimum atomic E-state index is -1.02. The lowest BCUT2D eigenvalue weighted by atomic mass is 9.99. The summed E-state index contributed by atoms with van der Waals surface area (Å²) >= 11 is 2.68. The number of aliphatic hydroxyl groups is 1. The molecule has 1 saturated heterocycles. The van der Waals surface area contributed by atoms with Gasteiger partial charge in [0.2, 0.25) is 5.13 Å². The zero-order valence-corrected chi connectivity index (χ0v) is 21.8. The molecular weight excluding hydrogens is 526 g/mol. The summed E-state index contributed by atoms with van der Waals surface area (Å²) in [5, 5.41) is 20.0. The molecule has 0 saturated carbocycles. The van der Waals surface area contributed by atoms with E-state index in [1.54, 1.807) is 37.3 Å². The molecule has 2 aromatic heterocycles. The van der Waals surface area contributed by atoms with Gasteiger partial charge in [0, 0.05) is 11.3 Å².